The van der Waals surface area contributed by atoms with Gasteiger partial charge >= 0.3 is 0 Å². The van der Waals surface area contributed by atoms with E-state index in [2.05, 4.69) is 217 Å². The molecule has 4 aromatic heterocycles. The maximum atomic E-state index is 6.82. The van der Waals surface area contributed by atoms with Gasteiger partial charge in [-0.2, -0.15) is 0 Å². The molecule has 0 aliphatic carbocycles. The summed E-state index contributed by atoms with van der Waals surface area (Å²) in [5.74, 6) is 1.74. The van der Waals surface area contributed by atoms with Crippen LogP contribution < -0.4 is 0 Å². The lowest BCUT2D eigenvalue weighted by atomic mass is 9.97. The molecule has 0 aliphatic rings. The number of para-hydroxylation sites is 3. The predicted octanol–water partition coefficient (Wildman–Crippen LogP) is 18.4. The molecule has 0 bridgehead atoms. The molecule has 11 aromatic carbocycles. The molecule has 15 aromatic rings. The van der Waals surface area contributed by atoms with Gasteiger partial charge in [0.25, 0.3) is 0 Å². The number of nitrogens with zero attached hydrogens (tertiary/aromatic N) is 4. The van der Waals surface area contributed by atoms with Crippen molar-refractivity contribution in [2.75, 3.05) is 0 Å². The van der Waals surface area contributed by atoms with E-state index < -0.39 is 0 Å². The Bertz CT molecular complexity index is 4690. The predicted molar refractivity (Wildman–Crippen MR) is 307 cm³/mol. The van der Waals surface area contributed by atoms with Gasteiger partial charge in [0.15, 0.2) is 23.1 Å². The van der Waals surface area contributed by atoms with Crippen molar-refractivity contribution in [3.05, 3.63) is 255 Å². The van der Waals surface area contributed by atoms with E-state index in [0.717, 1.165) is 111 Å². The van der Waals surface area contributed by atoms with Crippen LogP contribution in [0.2, 0.25) is 0 Å². The maximum absolute atomic E-state index is 6.82. The summed E-state index contributed by atoms with van der Waals surface area (Å²) < 4.78 is 15.9. The van der Waals surface area contributed by atoms with Crippen molar-refractivity contribution in [3.63, 3.8) is 0 Å². The number of furan rings is 2. The van der Waals surface area contributed by atoms with Crippen LogP contribution in [0.15, 0.2) is 264 Å². The van der Waals surface area contributed by atoms with Crippen molar-refractivity contribution in [1.82, 2.24) is 19.5 Å². The summed E-state index contributed by atoms with van der Waals surface area (Å²) in [6.07, 6.45) is 0. The zero-order valence-corrected chi connectivity index (χ0v) is 40.4. The van der Waals surface area contributed by atoms with Crippen molar-refractivity contribution in [2.45, 2.75) is 0 Å². The standard InChI is InChI=1S/C69H42N4O2/c1-4-15-43(16-5-1)45-29-31-47(32-30-45)68-70-67(46-19-8-3-9-20-46)71-69(72-68)56-26-13-24-54-58-41-51(34-37-63(58)74-65(54)56)48-21-12-22-49(39-48)52-35-38-64-59(42-52)55-25-14-28-62(66(55)75-64)73-60-27-11-10-23-53(60)57-40-50(33-36-61(57)73)44-17-6-2-7-18-44/h1-42H. The van der Waals surface area contributed by atoms with Gasteiger partial charge < -0.3 is 13.4 Å². The van der Waals surface area contributed by atoms with Gasteiger partial charge in [-0.1, -0.05) is 194 Å². The minimum atomic E-state index is 0.548. The summed E-state index contributed by atoms with van der Waals surface area (Å²) in [7, 11) is 0. The normalized spacial score (nSPS) is 11.7. The minimum Gasteiger partial charge on any atom is -0.455 e. The second kappa shape index (κ2) is 17.3. The Morgan fingerprint density at radius 1 is 0.253 bits per heavy atom. The van der Waals surface area contributed by atoms with Gasteiger partial charge in [-0.15, -0.1) is 0 Å². The molecule has 6 heteroatoms. The molecule has 0 saturated heterocycles. The van der Waals surface area contributed by atoms with Crippen molar-refractivity contribution in [2.24, 2.45) is 0 Å². The van der Waals surface area contributed by atoms with Crippen molar-refractivity contribution in [1.29, 1.82) is 0 Å². The summed E-state index contributed by atoms with van der Waals surface area (Å²) in [5.41, 5.74) is 18.2. The maximum Gasteiger partial charge on any atom is 0.167 e. The van der Waals surface area contributed by atoms with Gasteiger partial charge in [0.2, 0.25) is 0 Å². The van der Waals surface area contributed by atoms with Crippen LogP contribution in [0.1, 0.15) is 0 Å². The third kappa shape index (κ3) is 7.22. The zero-order valence-electron chi connectivity index (χ0n) is 40.4. The molecule has 0 unspecified atom stereocenters. The molecule has 0 spiro atoms. The van der Waals surface area contributed by atoms with E-state index in [1.54, 1.807) is 0 Å². The van der Waals surface area contributed by atoms with E-state index in [-0.39, 0.29) is 0 Å². The highest BCUT2D eigenvalue weighted by Gasteiger charge is 2.21. The van der Waals surface area contributed by atoms with Crippen molar-refractivity contribution >= 4 is 65.7 Å². The molecule has 0 radical (unpaired) electrons. The van der Waals surface area contributed by atoms with E-state index in [9.17, 15) is 0 Å². The lowest BCUT2D eigenvalue weighted by molar-refractivity contribution is 0.666. The van der Waals surface area contributed by atoms with Crippen LogP contribution in [0.5, 0.6) is 0 Å². The number of fused-ring (bicyclic) bond motifs is 9. The first kappa shape index (κ1) is 42.5. The van der Waals surface area contributed by atoms with Gasteiger partial charge in [0.05, 0.1) is 22.3 Å². The first-order chi connectivity index (χ1) is 37.1. The average Bonchev–Trinajstić information content (AvgIpc) is 4.20. The summed E-state index contributed by atoms with van der Waals surface area (Å²) in [6, 6.07) is 89.3. The Morgan fingerprint density at radius 3 is 1.35 bits per heavy atom. The molecule has 6 nitrogen and oxygen atoms in total. The topological polar surface area (TPSA) is 69.9 Å². The first-order valence-corrected chi connectivity index (χ1v) is 25.2. The highest BCUT2D eigenvalue weighted by Crippen LogP contribution is 2.42. The van der Waals surface area contributed by atoms with E-state index in [1.807, 2.05) is 42.5 Å². The third-order valence-corrected chi connectivity index (χ3v) is 14.7. The molecule has 0 fully saturated rings. The summed E-state index contributed by atoms with van der Waals surface area (Å²) in [5, 5.41) is 6.58. The molecule has 0 amide bonds. The summed E-state index contributed by atoms with van der Waals surface area (Å²) in [6.45, 7) is 0. The number of aromatic nitrogens is 4. The fraction of sp³-hybridized carbons (Fsp3) is 0. The zero-order chi connectivity index (χ0) is 49.4. The van der Waals surface area contributed by atoms with Gasteiger partial charge in [-0.3, -0.25) is 0 Å². The molecule has 4 heterocycles. The Balaban J connectivity index is 0.786. The van der Waals surface area contributed by atoms with E-state index in [1.165, 1.54) is 21.9 Å². The van der Waals surface area contributed by atoms with Gasteiger partial charge in [0.1, 0.15) is 16.7 Å². The summed E-state index contributed by atoms with van der Waals surface area (Å²) in [4.78, 5) is 15.2. The van der Waals surface area contributed by atoms with Crippen LogP contribution in [0.3, 0.4) is 0 Å². The minimum absolute atomic E-state index is 0.548. The van der Waals surface area contributed by atoms with Crippen LogP contribution in [-0.2, 0) is 0 Å². The second-order valence-corrected chi connectivity index (χ2v) is 19.1. The number of hydrogen-bond donors (Lipinski definition) is 0. The fourth-order valence-corrected chi connectivity index (χ4v) is 11.0. The Hall–Kier alpha value is -10.2. The largest absolute Gasteiger partial charge is 0.455 e. The third-order valence-electron chi connectivity index (χ3n) is 14.7. The van der Waals surface area contributed by atoms with Crippen LogP contribution >= 0.6 is 0 Å². The molecular formula is C69H42N4O2. The lowest BCUT2D eigenvalue weighted by Crippen LogP contribution is -2.00. The number of benzene rings is 11. The Labute approximate surface area is 431 Å². The lowest BCUT2D eigenvalue weighted by Gasteiger charge is -2.09. The smallest absolute Gasteiger partial charge is 0.167 e. The monoisotopic (exact) mass is 958 g/mol. The molecule has 0 aliphatic heterocycles. The fourth-order valence-electron chi connectivity index (χ4n) is 11.0. The van der Waals surface area contributed by atoms with Crippen LogP contribution in [0.4, 0.5) is 0 Å². The van der Waals surface area contributed by atoms with Gasteiger partial charge in [0, 0.05) is 43.4 Å². The highest BCUT2D eigenvalue weighted by atomic mass is 16.3. The highest BCUT2D eigenvalue weighted by molar-refractivity contribution is 6.14. The van der Waals surface area contributed by atoms with E-state index in [4.69, 9.17) is 23.8 Å². The number of rotatable bonds is 8. The SMILES string of the molecule is c1ccc(-c2ccc(-c3nc(-c4ccccc4)nc(-c4cccc5c4oc4ccc(-c6cccc(-c7ccc8oc9c(-n%10c%11ccccc%11c%11cc(-c%12ccccc%12)ccc%11%10)cccc9c8c7)c6)cc45)n3)cc2)cc1. The summed E-state index contributed by atoms with van der Waals surface area (Å²) >= 11 is 0. The molecular weight excluding hydrogens is 917 g/mol. The molecule has 75 heavy (non-hydrogen) atoms. The van der Waals surface area contributed by atoms with Gasteiger partial charge in [-0.05, 0) is 105 Å². The van der Waals surface area contributed by atoms with Gasteiger partial charge in [-0.25, -0.2) is 15.0 Å². The Kier molecular flexibility index (Phi) is 9.78. The van der Waals surface area contributed by atoms with Crippen molar-refractivity contribution in [3.8, 4) is 84.4 Å². The molecule has 0 N–H and O–H groups in total. The first-order valence-electron chi connectivity index (χ1n) is 25.2. The van der Waals surface area contributed by atoms with E-state index in [0.29, 0.717) is 17.5 Å². The van der Waals surface area contributed by atoms with E-state index >= 15 is 0 Å². The molecule has 350 valence electrons. The molecule has 0 saturated carbocycles. The second-order valence-electron chi connectivity index (χ2n) is 19.1. The van der Waals surface area contributed by atoms with Crippen LogP contribution in [-0.4, -0.2) is 19.5 Å². The average molecular weight is 959 g/mol. The molecule has 15 rings (SSSR count). The molecule has 0 atom stereocenters. The van der Waals surface area contributed by atoms with Crippen LogP contribution in [0, 0.1) is 0 Å². The Morgan fingerprint density at radius 2 is 0.667 bits per heavy atom. The number of hydrogen-bond acceptors (Lipinski definition) is 5. The quantitative estimate of drug-likeness (QED) is 0.152. The van der Waals surface area contributed by atoms with Crippen molar-refractivity contribution < 1.29 is 8.83 Å². The van der Waals surface area contributed by atoms with Crippen LogP contribution in [0.25, 0.3) is 150 Å².